The van der Waals surface area contributed by atoms with Gasteiger partial charge in [0.25, 0.3) is 0 Å². The van der Waals surface area contributed by atoms with Crippen molar-refractivity contribution in [2.24, 2.45) is 0 Å². The highest BCUT2D eigenvalue weighted by Gasteiger charge is 2.24. The van der Waals surface area contributed by atoms with Gasteiger partial charge in [-0.25, -0.2) is 4.39 Å². The van der Waals surface area contributed by atoms with E-state index in [1.165, 1.54) is 5.57 Å². The van der Waals surface area contributed by atoms with Crippen LogP contribution in [0.4, 0.5) is 4.39 Å². The molecule has 1 aliphatic rings. The lowest BCUT2D eigenvalue weighted by molar-refractivity contribution is 0.185. The Balaban J connectivity index is 2.45. The van der Waals surface area contributed by atoms with Gasteiger partial charge in [0.05, 0.1) is 0 Å². The van der Waals surface area contributed by atoms with Crippen LogP contribution in [0.15, 0.2) is 71.3 Å². The summed E-state index contributed by atoms with van der Waals surface area (Å²) in [7, 11) is 0. The molecule has 0 saturated heterocycles. The summed E-state index contributed by atoms with van der Waals surface area (Å²) in [6, 6.07) is 5.90. The van der Waals surface area contributed by atoms with E-state index in [2.05, 4.69) is 25.7 Å². The Kier molecular flexibility index (Phi) is 6.83. The summed E-state index contributed by atoms with van der Waals surface area (Å²) < 4.78 is 14.6. The second kappa shape index (κ2) is 8.68. The zero-order chi connectivity index (χ0) is 19.3. The van der Waals surface area contributed by atoms with Crippen LogP contribution < -0.4 is 0 Å². The van der Waals surface area contributed by atoms with Gasteiger partial charge < -0.3 is 0 Å². The molecule has 2 heteroatoms. The molecule has 0 saturated carbocycles. The molecule has 1 aliphatic carbocycles. The number of benzene rings is 1. The number of halogens is 2. The average Bonchev–Trinajstić information content (AvgIpc) is 2.61. The van der Waals surface area contributed by atoms with Crippen molar-refractivity contribution in [3.05, 3.63) is 88.0 Å². The first-order valence-corrected chi connectivity index (χ1v) is 9.61. The zero-order valence-electron chi connectivity index (χ0n) is 16.2. The maximum Gasteiger partial charge on any atom is 0.133 e. The second-order valence-electron chi connectivity index (χ2n) is 6.91. The standard InChI is InChI=1S/C24H28ClF/c1-6-9-11-22-18(10-7-2)15-19(16-23(22)25)21-13-12-20(14-17(21)4)24(5,26)8-3/h6,9-15H,1,7-8,16H2,2-5H3/b11-9-,18-10?. The van der Waals surface area contributed by atoms with E-state index in [0.29, 0.717) is 12.8 Å². The zero-order valence-corrected chi connectivity index (χ0v) is 17.0. The topological polar surface area (TPSA) is 0 Å². The summed E-state index contributed by atoms with van der Waals surface area (Å²) in [6.07, 6.45) is 12.1. The molecule has 2 rings (SSSR count). The molecule has 26 heavy (non-hydrogen) atoms. The SMILES string of the molecule is C=C/C=C\C1=C(Cl)CC(c2ccc(C(C)(F)CC)cc2C)=CC1=CCC. The number of allylic oxidation sites excluding steroid dienone is 9. The minimum atomic E-state index is -1.29. The number of hydrogen-bond acceptors (Lipinski definition) is 0. The lowest BCUT2D eigenvalue weighted by Crippen LogP contribution is -2.14. The first kappa shape index (κ1) is 20.5. The van der Waals surface area contributed by atoms with E-state index in [0.717, 1.165) is 39.3 Å². The van der Waals surface area contributed by atoms with E-state index in [9.17, 15) is 4.39 Å². The predicted octanol–water partition coefficient (Wildman–Crippen LogP) is 7.95. The molecule has 0 aromatic heterocycles. The molecule has 1 unspecified atom stereocenters. The maximum absolute atomic E-state index is 14.6. The van der Waals surface area contributed by atoms with Crippen molar-refractivity contribution in [2.75, 3.05) is 0 Å². The van der Waals surface area contributed by atoms with Crippen molar-refractivity contribution in [3.8, 4) is 0 Å². The fourth-order valence-electron chi connectivity index (χ4n) is 3.20. The Bertz CT molecular complexity index is 803. The quantitative estimate of drug-likeness (QED) is 0.445. The first-order valence-electron chi connectivity index (χ1n) is 9.23. The highest BCUT2D eigenvalue weighted by Crippen LogP contribution is 2.39. The van der Waals surface area contributed by atoms with E-state index >= 15 is 0 Å². The summed E-state index contributed by atoms with van der Waals surface area (Å²) in [4.78, 5) is 0. The average molecular weight is 371 g/mol. The van der Waals surface area contributed by atoms with E-state index in [-0.39, 0.29) is 0 Å². The molecular formula is C24H28ClF. The summed E-state index contributed by atoms with van der Waals surface area (Å²) >= 11 is 6.62. The van der Waals surface area contributed by atoms with Crippen LogP contribution in [0.25, 0.3) is 5.57 Å². The van der Waals surface area contributed by atoms with Crippen molar-refractivity contribution in [1.82, 2.24) is 0 Å². The van der Waals surface area contributed by atoms with Crippen LogP contribution in [0.2, 0.25) is 0 Å². The molecule has 0 N–H and O–H groups in total. The molecule has 0 heterocycles. The number of hydrogen-bond donors (Lipinski definition) is 0. The highest BCUT2D eigenvalue weighted by molar-refractivity contribution is 6.31. The van der Waals surface area contributed by atoms with Gasteiger partial charge in [-0.2, -0.15) is 0 Å². The molecular weight excluding hydrogens is 343 g/mol. The van der Waals surface area contributed by atoms with Crippen LogP contribution in [-0.2, 0) is 5.67 Å². The minimum absolute atomic E-state index is 0.464. The molecule has 1 aromatic rings. The molecule has 0 radical (unpaired) electrons. The molecule has 0 nitrogen and oxygen atoms in total. The fraction of sp³-hybridized carbons (Fsp3) is 0.333. The lowest BCUT2D eigenvalue weighted by atomic mass is 9.85. The summed E-state index contributed by atoms with van der Waals surface area (Å²) in [5.41, 5.74) is 5.00. The van der Waals surface area contributed by atoms with E-state index < -0.39 is 5.67 Å². The van der Waals surface area contributed by atoms with Crippen LogP contribution in [0, 0.1) is 6.92 Å². The van der Waals surface area contributed by atoms with Gasteiger partial charge in [-0.05, 0) is 60.1 Å². The molecule has 138 valence electrons. The third-order valence-electron chi connectivity index (χ3n) is 4.94. The van der Waals surface area contributed by atoms with E-state index in [1.54, 1.807) is 13.0 Å². The Labute approximate surface area is 162 Å². The molecule has 0 spiro atoms. The van der Waals surface area contributed by atoms with Gasteiger partial charge in [0.1, 0.15) is 5.67 Å². The van der Waals surface area contributed by atoms with Crippen LogP contribution in [-0.4, -0.2) is 0 Å². The van der Waals surface area contributed by atoms with Crippen molar-refractivity contribution >= 4 is 17.2 Å². The van der Waals surface area contributed by atoms with Gasteiger partial charge in [-0.15, -0.1) is 0 Å². The normalized spacial score (nSPS) is 19.0. The van der Waals surface area contributed by atoms with Gasteiger partial charge in [-0.3, -0.25) is 0 Å². The summed E-state index contributed by atoms with van der Waals surface area (Å²) in [6.45, 7) is 11.4. The Hall–Kier alpha value is -1.86. The van der Waals surface area contributed by atoms with Gasteiger partial charge >= 0.3 is 0 Å². The Morgan fingerprint density at radius 2 is 2.04 bits per heavy atom. The van der Waals surface area contributed by atoms with E-state index in [4.69, 9.17) is 11.6 Å². The Morgan fingerprint density at radius 3 is 2.62 bits per heavy atom. The highest BCUT2D eigenvalue weighted by atomic mass is 35.5. The number of alkyl halides is 1. The van der Waals surface area contributed by atoms with Gasteiger partial charge in [0.15, 0.2) is 0 Å². The number of rotatable bonds is 6. The van der Waals surface area contributed by atoms with Crippen molar-refractivity contribution in [1.29, 1.82) is 0 Å². The largest absolute Gasteiger partial charge is 0.239 e. The molecule has 0 amide bonds. The molecule has 0 aliphatic heterocycles. The molecule has 0 fully saturated rings. The number of aryl methyl sites for hydroxylation is 1. The van der Waals surface area contributed by atoms with Crippen LogP contribution in [0.3, 0.4) is 0 Å². The van der Waals surface area contributed by atoms with Gasteiger partial charge in [0, 0.05) is 11.5 Å². The van der Waals surface area contributed by atoms with Crippen LogP contribution in [0.1, 0.15) is 56.7 Å². The smallest absolute Gasteiger partial charge is 0.133 e. The van der Waals surface area contributed by atoms with Crippen LogP contribution >= 0.6 is 11.6 Å². The van der Waals surface area contributed by atoms with Crippen molar-refractivity contribution < 1.29 is 4.39 Å². The van der Waals surface area contributed by atoms with Crippen molar-refractivity contribution in [2.45, 2.75) is 52.6 Å². The Morgan fingerprint density at radius 1 is 1.31 bits per heavy atom. The third kappa shape index (κ3) is 4.45. The minimum Gasteiger partial charge on any atom is -0.239 e. The van der Waals surface area contributed by atoms with Gasteiger partial charge in [0.2, 0.25) is 0 Å². The van der Waals surface area contributed by atoms with Crippen LogP contribution in [0.5, 0.6) is 0 Å². The molecule has 0 bridgehead atoms. The van der Waals surface area contributed by atoms with Gasteiger partial charge in [-0.1, -0.05) is 80.6 Å². The molecule has 1 atom stereocenters. The summed E-state index contributed by atoms with van der Waals surface area (Å²) in [5.74, 6) is 0. The maximum atomic E-state index is 14.6. The summed E-state index contributed by atoms with van der Waals surface area (Å²) in [5, 5.41) is 0.827. The van der Waals surface area contributed by atoms with Crippen molar-refractivity contribution in [3.63, 3.8) is 0 Å². The predicted molar refractivity (Wildman–Crippen MR) is 113 cm³/mol. The molecule has 1 aromatic carbocycles. The third-order valence-corrected chi connectivity index (χ3v) is 5.28. The van der Waals surface area contributed by atoms with E-state index in [1.807, 2.05) is 44.2 Å². The monoisotopic (exact) mass is 370 g/mol. The second-order valence-corrected chi connectivity index (χ2v) is 7.36. The fourth-order valence-corrected chi connectivity index (χ4v) is 3.52. The lowest BCUT2D eigenvalue weighted by Gasteiger charge is -2.23. The first-order chi connectivity index (χ1) is 12.3.